The Bertz CT molecular complexity index is 409. The highest BCUT2D eigenvalue weighted by molar-refractivity contribution is 5.77. The third kappa shape index (κ3) is 2.34. The van der Waals surface area contributed by atoms with Crippen molar-refractivity contribution in [1.82, 2.24) is 0 Å². The molecule has 1 aromatic rings. The Morgan fingerprint density at radius 2 is 1.71 bits per heavy atom. The summed E-state index contributed by atoms with van der Waals surface area (Å²) in [6.07, 6.45) is 10.4. The standard InChI is InChI=1S/C16H24O/c1-4-7-12-10-13-11-17-15(9-6-3)16(13)14(12)8-5-2/h11H,4-10H2,1-3H3. The van der Waals surface area contributed by atoms with Crippen molar-refractivity contribution in [3.63, 3.8) is 0 Å². The number of hydrogen-bond acceptors (Lipinski definition) is 1. The van der Waals surface area contributed by atoms with Crippen molar-refractivity contribution >= 4 is 5.57 Å². The summed E-state index contributed by atoms with van der Waals surface area (Å²) >= 11 is 0. The monoisotopic (exact) mass is 232 g/mol. The van der Waals surface area contributed by atoms with E-state index in [1.807, 2.05) is 6.26 Å². The molecule has 17 heavy (non-hydrogen) atoms. The second kappa shape index (κ2) is 5.57. The minimum Gasteiger partial charge on any atom is -0.468 e. The summed E-state index contributed by atoms with van der Waals surface area (Å²) in [5, 5.41) is 0. The van der Waals surface area contributed by atoms with E-state index < -0.39 is 0 Å². The number of fused-ring (bicyclic) bond motifs is 1. The molecular formula is C16H24O. The molecule has 0 bridgehead atoms. The van der Waals surface area contributed by atoms with Crippen LogP contribution in [0.15, 0.2) is 16.3 Å². The van der Waals surface area contributed by atoms with Crippen molar-refractivity contribution in [2.45, 2.75) is 65.7 Å². The van der Waals surface area contributed by atoms with Gasteiger partial charge in [-0.3, -0.25) is 0 Å². The van der Waals surface area contributed by atoms with Crippen LogP contribution in [0.2, 0.25) is 0 Å². The molecular weight excluding hydrogens is 208 g/mol. The number of aryl methyl sites for hydroxylation is 1. The van der Waals surface area contributed by atoms with E-state index in [2.05, 4.69) is 20.8 Å². The first-order valence-corrected chi connectivity index (χ1v) is 7.12. The summed E-state index contributed by atoms with van der Waals surface area (Å²) in [4.78, 5) is 0. The third-order valence-corrected chi connectivity index (χ3v) is 3.60. The van der Waals surface area contributed by atoms with Gasteiger partial charge in [0, 0.05) is 17.5 Å². The fourth-order valence-corrected chi connectivity index (χ4v) is 2.95. The second-order valence-corrected chi connectivity index (χ2v) is 5.07. The Balaban J connectivity index is 2.34. The molecule has 0 atom stereocenters. The number of allylic oxidation sites excluding steroid dienone is 2. The molecule has 0 aromatic carbocycles. The fourth-order valence-electron chi connectivity index (χ4n) is 2.95. The molecule has 0 radical (unpaired) electrons. The van der Waals surface area contributed by atoms with Gasteiger partial charge in [0.15, 0.2) is 0 Å². The van der Waals surface area contributed by atoms with E-state index >= 15 is 0 Å². The molecule has 1 heterocycles. The first kappa shape index (κ1) is 12.5. The predicted octanol–water partition coefficient (Wildman–Crippen LogP) is 5.14. The van der Waals surface area contributed by atoms with Crippen molar-refractivity contribution in [2.24, 2.45) is 0 Å². The zero-order valence-corrected chi connectivity index (χ0v) is 11.4. The van der Waals surface area contributed by atoms with Crippen LogP contribution in [0.1, 0.15) is 69.8 Å². The quantitative estimate of drug-likeness (QED) is 0.661. The van der Waals surface area contributed by atoms with Gasteiger partial charge in [-0.25, -0.2) is 0 Å². The maximum Gasteiger partial charge on any atom is 0.111 e. The Morgan fingerprint density at radius 1 is 1.00 bits per heavy atom. The van der Waals surface area contributed by atoms with Crippen LogP contribution >= 0.6 is 0 Å². The molecule has 1 heteroatoms. The molecule has 2 rings (SSSR count). The molecule has 0 saturated carbocycles. The van der Waals surface area contributed by atoms with E-state index in [1.165, 1.54) is 49.0 Å². The van der Waals surface area contributed by atoms with Crippen molar-refractivity contribution in [1.29, 1.82) is 0 Å². The minimum absolute atomic E-state index is 1.09. The molecule has 0 aliphatic heterocycles. The molecule has 1 nitrogen and oxygen atoms in total. The molecule has 0 N–H and O–H groups in total. The van der Waals surface area contributed by atoms with Crippen molar-refractivity contribution in [3.05, 3.63) is 28.7 Å². The highest BCUT2D eigenvalue weighted by atomic mass is 16.3. The van der Waals surface area contributed by atoms with Gasteiger partial charge in [0.2, 0.25) is 0 Å². The smallest absolute Gasteiger partial charge is 0.111 e. The van der Waals surface area contributed by atoms with Gasteiger partial charge in [0.05, 0.1) is 6.26 Å². The average molecular weight is 232 g/mol. The molecule has 1 aliphatic rings. The average Bonchev–Trinajstić information content (AvgIpc) is 2.83. The van der Waals surface area contributed by atoms with Gasteiger partial charge >= 0.3 is 0 Å². The Hall–Kier alpha value is -0.980. The first-order chi connectivity index (χ1) is 8.31. The maximum absolute atomic E-state index is 5.75. The zero-order chi connectivity index (χ0) is 12.3. The molecule has 94 valence electrons. The van der Waals surface area contributed by atoms with E-state index in [-0.39, 0.29) is 0 Å². The molecule has 0 fully saturated rings. The lowest BCUT2D eigenvalue weighted by atomic mass is 9.98. The Labute approximate surface area is 105 Å². The number of rotatable bonds is 6. The van der Waals surface area contributed by atoms with Crippen LogP contribution in [0.25, 0.3) is 5.57 Å². The van der Waals surface area contributed by atoms with Crippen molar-refractivity contribution in [2.75, 3.05) is 0 Å². The largest absolute Gasteiger partial charge is 0.468 e. The van der Waals surface area contributed by atoms with Gasteiger partial charge < -0.3 is 4.42 Å². The van der Waals surface area contributed by atoms with E-state index in [0.29, 0.717) is 0 Å². The Morgan fingerprint density at radius 3 is 2.35 bits per heavy atom. The fraction of sp³-hybridized carbons (Fsp3) is 0.625. The van der Waals surface area contributed by atoms with E-state index in [1.54, 1.807) is 11.1 Å². The molecule has 0 spiro atoms. The van der Waals surface area contributed by atoms with Crippen LogP contribution in [0.5, 0.6) is 0 Å². The van der Waals surface area contributed by atoms with Gasteiger partial charge in [-0.1, -0.05) is 39.2 Å². The van der Waals surface area contributed by atoms with Crippen LogP contribution in [0, 0.1) is 0 Å². The highest BCUT2D eigenvalue weighted by Crippen LogP contribution is 2.41. The number of hydrogen-bond donors (Lipinski definition) is 0. The van der Waals surface area contributed by atoms with Crippen LogP contribution in [0.4, 0.5) is 0 Å². The SMILES string of the molecule is CCCC1=C(CCC)c2c(coc2CCC)C1. The highest BCUT2D eigenvalue weighted by Gasteiger charge is 2.25. The summed E-state index contributed by atoms with van der Waals surface area (Å²) in [6, 6.07) is 0. The van der Waals surface area contributed by atoms with Crippen LogP contribution in [-0.2, 0) is 12.8 Å². The molecule has 1 aliphatic carbocycles. The summed E-state index contributed by atoms with van der Waals surface area (Å²) < 4.78 is 5.75. The molecule has 0 amide bonds. The van der Waals surface area contributed by atoms with Gasteiger partial charge in [0.25, 0.3) is 0 Å². The van der Waals surface area contributed by atoms with Gasteiger partial charge in [-0.15, -0.1) is 0 Å². The van der Waals surface area contributed by atoms with Crippen LogP contribution < -0.4 is 0 Å². The van der Waals surface area contributed by atoms with Crippen molar-refractivity contribution < 1.29 is 4.42 Å². The summed E-state index contributed by atoms with van der Waals surface area (Å²) in [7, 11) is 0. The summed E-state index contributed by atoms with van der Waals surface area (Å²) in [6.45, 7) is 6.77. The van der Waals surface area contributed by atoms with Crippen LogP contribution in [0.3, 0.4) is 0 Å². The van der Waals surface area contributed by atoms with Gasteiger partial charge in [-0.05, 0) is 31.3 Å². The molecule has 1 aromatic heterocycles. The Kier molecular flexibility index (Phi) is 4.09. The maximum atomic E-state index is 5.75. The van der Waals surface area contributed by atoms with Crippen molar-refractivity contribution in [3.8, 4) is 0 Å². The minimum atomic E-state index is 1.09. The summed E-state index contributed by atoms with van der Waals surface area (Å²) in [5.74, 6) is 1.23. The molecule has 0 unspecified atom stereocenters. The van der Waals surface area contributed by atoms with Gasteiger partial charge in [-0.2, -0.15) is 0 Å². The van der Waals surface area contributed by atoms with Crippen LogP contribution in [-0.4, -0.2) is 0 Å². The van der Waals surface area contributed by atoms with Gasteiger partial charge in [0.1, 0.15) is 5.76 Å². The lowest BCUT2D eigenvalue weighted by Crippen LogP contribution is -1.90. The lowest BCUT2D eigenvalue weighted by Gasteiger charge is -2.08. The third-order valence-electron chi connectivity index (χ3n) is 3.60. The first-order valence-electron chi connectivity index (χ1n) is 7.12. The normalized spacial score (nSPS) is 14.5. The summed E-state index contributed by atoms with van der Waals surface area (Å²) in [5.41, 5.74) is 6.21. The topological polar surface area (TPSA) is 13.1 Å². The lowest BCUT2D eigenvalue weighted by molar-refractivity contribution is 0.502. The number of furan rings is 1. The van der Waals surface area contributed by atoms with E-state index in [4.69, 9.17) is 4.42 Å². The zero-order valence-electron chi connectivity index (χ0n) is 11.4. The van der Waals surface area contributed by atoms with E-state index in [9.17, 15) is 0 Å². The molecule has 0 saturated heterocycles. The van der Waals surface area contributed by atoms with E-state index in [0.717, 1.165) is 12.8 Å². The second-order valence-electron chi connectivity index (χ2n) is 5.07. The predicted molar refractivity (Wildman–Crippen MR) is 73.1 cm³/mol.